The molecule has 0 spiro atoms. The lowest BCUT2D eigenvalue weighted by Gasteiger charge is -2.28. The van der Waals surface area contributed by atoms with Gasteiger partial charge in [0.15, 0.2) is 0 Å². The molecule has 1 N–H and O–H groups in total. The molecule has 1 fully saturated rings. The minimum absolute atomic E-state index is 0.0338. The molecule has 1 atom stereocenters. The number of nitrogens with zero attached hydrogens (tertiary/aromatic N) is 1. The summed E-state index contributed by atoms with van der Waals surface area (Å²) in [6, 6.07) is 10.4. The average molecular weight is 374 g/mol. The van der Waals surface area contributed by atoms with Crippen molar-refractivity contribution in [1.29, 1.82) is 0 Å². The van der Waals surface area contributed by atoms with Gasteiger partial charge in [0, 0.05) is 36.7 Å². The molecule has 0 saturated carbocycles. The van der Waals surface area contributed by atoms with Crippen LogP contribution in [0, 0.1) is 0 Å². The van der Waals surface area contributed by atoms with Crippen LogP contribution in [-0.2, 0) is 15.8 Å². The maximum atomic E-state index is 13.1. The highest BCUT2D eigenvalue weighted by molar-refractivity contribution is 5.99. The van der Waals surface area contributed by atoms with E-state index in [9.17, 15) is 22.8 Å². The maximum absolute atomic E-state index is 13.1. The highest BCUT2D eigenvalue weighted by Gasteiger charge is 2.33. The summed E-state index contributed by atoms with van der Waals surface area (Å²) < 4.78 is 39.2. The van der Waals surface area contributed by atoms with Gasteiger partial charge in [-0.2, -0.15) is 13.2 Å². The molecule has 4 nitrogen and oxygen atoms in total. The lowest BCUT2D eigenvalue weighted by molar-refractivity contribution is -0.137. The van der Waals surface area contributed by atoms with Crippen LogP contribution in [-0.4, -0.2) is 18.4 Å². The molecule has 0 aliphatic carbocycles. The summed E-state index contributed by atoms with van der Waals surface area (Å²) in [5.74, 6) is -0.680. The fraction of sp³-hybridized carbons (Fsp3) is 0.300. The first kappa shape index (κ1) is 17.6. The van der Waals surface area contributed by atoms with Crippen LogP contribution in [0.2, 0.25) is 0 Å². The molecule has 1 unspecified atom stereocenters. The van der Waals surface area contributed by atoms with Crippen molar-refractivity contribution in [3.63, 3.8) is 0 Å². The lowest BCUT2D eigenvalue weighted by atomic mass is 9.84. The highest BCUT2D eigenvalue weighted by Crippen LogP contribution is 2.41. The number of halogens is 3. The number of alkyl halides is 3. The van der Waals surface area contributed by atoms with E-state index in [1.807, 2.05) is 0 Å². The lowest BCUT2D eigenvalue weighted by Crippen LogP contribution is -2.26. The van der Waals surface area contributed by atoms with Gasteiger partial charge in [-0.3, -0.25) is 9.59 Å². The molecule has 0 radical (unpaired) electrons. The number of rotatable bonds is 2. The predicted octanol–water partition coefficient (Wildman–Crippen LogP) is 4.31. The van der Waals surface area contributed by atoms with E-state index in [1.54, 1.807) is 29.2 Å². The Balaban J connectivity index is 1.73. The molecule has 0 bridgehead atoms. The molecule has 2 heterocycles. The van der Waals surface area contributed by atoms with Crippen molar-refractivity contribution in [2.75, 3.05) is 16.8 Å². The normalized spacial score (nSPS) is 19.8. The van der Waals surface area contributed by atoms with Gasteiger partial charge in [-0.05, 0) is 35.7 Å². The van der Waals surface area contributed by atoms with Crippen LogP contribution < -0.4 is 10.2 Å². The standard InChI is InChI=1S/C20H17F3N2O2/c21-20(22,23)13-4-1-3-12(9-13)16-11-18(26)24-17-10-14(6-7-15(16)17)25-8-2-5-19(25)27/h1,3-4,6-7,9-10,16H,2,5,8,11H2,(H,24,26). The van der Waals surface area contributed by atoms with E-state index in [0.29, 0.717) is 29.9 Å². The largest absolute Gasteiger partial charge is 0.416 e. The number of hydrogen-bond acceptors (Lipinski definition) is 2. The van der Waals surface area contributed by atoms with Gasteiger partial charge in [0.05, 0.1) is 5.56 Å². The number of amides is 2. The van der Waals surface area contributed by atoms with Crippen molar-refractivity contribution < 1.29 is 22.8 Å². The van der Waals surface area contributed by atoms with Crippen LogP contribution in [0.5, 0.6) is 0 Å². The number of nitrogens with one attached hydrogen (secondary N) is 1. The maximum Gasteiger partial charge on any atom is 0.416 e. The second-order valence-electron chi connectivity index (χ2n) is 6.85. The fourth-order valence-electron chi connectivity index (χ4n) is 3.77. The zero-order valence-electron chi connectivity index (χ0n) is 14.3. The fourth-order valence-corrected chi connectivity index (χ4v) is 3.77. The Morgan fingerprint density at radius 1 is 1.07 bits per heavy atom. The Morgan fingerprint density at radius 3 is 2.59 bits per heavy atom. The van der Waals surface area contributed by atoms with Crippen molar-refractivity contribution in [3.8, 4) is 0 Å². The van der Waals surface area contributed by atoms with Crippen LogP contribution in [0.15, 0.2) is 42.5 Å². The van der Waals surface area contributed by atoms with Crippen molar-refractivity contribution in [2.24, 2.45) is 0 Å². The molecule has 2 aliphatic rings. The second kappa shape index (κ2) is 6.40. The first-order valence-electron chi connectivity index (χ1n) is 8.74. The van der Waals surface area contributed by atoms with E-state index >= 15 is 0 Å². The van der Waals surface area contributed by atoms with Gasteiger partial charge in [0.25, 0.3) is 0 Å². The van der Waals surface area contributed by atoms with Crippen molar-refractivity contribution in [3.05, 3.63) is 59.2 Å². The Hall–Kier alpha value is -2.83. The van der Waals surface area contributed by atoms with Gasteiger partial charge in [-0.25, -0.2) is 0 Å². The van der Waals surface area contributed by atoms with Crippen molar-refractivity contribution in [1.82, 2.24) is 0 Å². The first-order chi connectivity index (χ1) is 12.8. The van der Waals surface area contributed by atoms with Gasteiger partial charge in [-0.1, -0.05) is 24.3 Å². The molecule has 2 amide bonds. The summed E-state index contributed by atoms with van der Waals surface area (Å²) in [5, 5.41) is 2.78. The van der Waals surface area contributed by atoms with Crippen LogP contribution in [0.25, 0.3) is 0 Å². The Morgan fingerprint density at radius 2 is 1.89 bits per heavy atom. The third-order valence-corrected chi connectivity index (χ3v) is 5.08. The molecular formula is C20H17F3N2O2. The summed E-state index contributed by atoms with van der Waals surface area (Å²) in [4.78, 5) is 25.8. The van der Waals surface area contributed by atoms with E-state index in [-0.39, 0.29) is 18.2 Å². The van der Waals surface area contributed by atoms with Crippen molar-refractivity contribution in [2.45, 2.75) is 31.4 Å². The van der Waals surface area contributed by atoms with Crippen LogP contribution in [0.3, 0.4) is 0 Å². The minimum atomic E-state index is -4.43. The summed E-state index contributed by atoms with van der Waals surface area (Å²) >= 11 is 0. The number of carbonyl (C=O) groups is 2. The molecule has 4 rings (SSSR count). The number of carbonyl (C=O) groups excluding carboxylic acids is 2. The smallest absolute Gasteiger partial charge is 0.326 e. The van der Waals surface area contributed by atoms with E-state index in [2.05, 4.69) is 5.32 Å². The van der Waals surface area contributed by atoms with Crippen LogP contribution in [0.1, 0.15) is 41.9 Å². The molecular weight excluding hydrogens is 357 g/mol. The number of benzene rings is 2. The summed E-state index contributed by atoms with van der Waals surface area (Å²) in [7, 11) is 0. The zero-order chi connectivity index (χ0) is 19.2. The van der Waals surface area contributed by atoms with Gasteiger partial charge < -0.3 is 10.2 Å². The molecule has 2 aromatic carbocycles. The third kappa shape index (κ3) is 3.29. The minimum Gasteiger partial charge on any atom is -0.326 e. The van der Waals surface area contributed by atoms with E-state index in [0.717, 1.165) is 24.1 Å². The molecule has 2 aromatic rings. The Labute approximate surface area is 154 Å². The molecule has 1 saturated heterocycles. The predicted molar refractivity (Wildman–Crippen MR) is 94.6 cm³/mol. The molecule has 27 heavy (non-hydrogen) atoms. The average Bonchev–Trinajstić information content (AvgIpc) is 3.06. The molecule has 7 heteroatoms. The van der Waals surface area contributed by atoms with E-state index in [4.69, 9.17) is 0 Å². The Kier molecular flexibility index (Phi) is 4.17. The SMILES string of the molecule is O=C1CC(c2cccc(C(F)(F)F)c2)c2ccc(N3CCCC3=O)cc2N1. The van der Waals surface area contributed by atoms with Crippen LogP contribution >= 0.6 is 0 Å². The Bertz CT molecular complexity index is 924. The van der Waals surface area contributed by atoms with E-state index in [1.165, 1.54) is 6.07 Å². The molecule has 0 aromatic heterocycles. The summed E-state index contributed by atoms with van der Waals surface area (Å²) in [6.07, 6.45) is -3.07. The van der Waals surface area contributed by atoms with Gasteiger partial charge in [-0.15, -0.1) is 0 Å². The van der Waals surface area contributed by atoms with Gasteiger partial charge in [0.2, 0.25) is 11.8 Å². The highest BCUT2D eigenvalue weighted by atomic mass is 19.4. The monoisotopic (exact) mass is 374 g/mol. The van der Waals surface area contributed by atoms with E-state index < -0.39 is 17.7 Å². The third-order valence-electron chi connectivity index (χ3n) is 5.08. The van der Waals surface area contributed by atoms with Gasteiger partial charge >= 0.3 is 6.18 Å². The number of hydrogen-bond donors (Lipinski definition) is 1. The topological polar surface area (TPSA) is 49.4 Å². The summed E-state index contributed by atoms with van der Waals surface area (Å²) in [6.45, 7) is 0.628. The van der Waals surface area contributed by atoms with Crippen LogP contribution in [0.4, 0.5) is 24.5 Å². The zero-order valence-corrected chi connectivity index (χ0v) is 14.3. The summed E-state index contributed by atoms with van der Waals surface area (Å²) in [5.41, 5.74) is 1.72. The van der Waals surface area contributed by atoms with Crippen molar-refractivity contribution >= 4 is 23.2 Å². The first-order valence-corrected chi connectivity index (χ1v) is 8.74. The number of anilines is 2. The van der Waals surface area contributed by atoms with Gasteiger partial charge in [0.1, 0.15) is 0 Å². The number of fused-ring (bicyclic) bond motifs is 1. The molecule has 140 valence electrons. The second-order valence-corrected chi connectivity index (χ2v) is 6.85. The molecule has 2 aliphatic heterocycles. The quantitative estimate of drug-likeness (QED) is 0.852.